The summed E-state index contributed by atoms with van der Waals surface area (Å²) in [5, 5.41) is 10.7. The van der Waals surface area contributed by atoms with Crippen molar-refractivity contribution < 1.29 is 9.90 Å². The Kier molecular flexibility index (Phi) is 4.96. The molecule has 0 aliphatic carbocycles. The lowest BCUT2D eigenvalue weighted by Gasteiger charge is -2.31. The van der Waals surface area contributed by atoms with Gasteiger partial charge in [-0.05, 0) is 42.7 Å². The van der Waals surface area contributed by atoms with Gasteiger partial charge in [0.2, 0.25) is 5.91 Å². The molecule has 5 rings (SSSR count). The first-order valence-electron chi connectivity index (χ1n) is 10.6. The summed E-state index contributed by atoms with van der Waals surface area (Å²) in [6, 6.07) is 17.3. The van der Waals surface area contributed by atoms with Crippen LogP contribution in [0.4, 0.5) is 0 Å². The molecule has 3 aromatic rings. The van der Waals surface area contributed by atoms with Crippen LogP contribution in [0.2, 0.25) is 0 Å². The summed E-state index contributed by atoms with van der Waals surface area (Å²) >= 11 is 0. The van der Waals surface area contributed by atoms with E-state index in [1.165, 1.54) is 5.56 Å². The van der Waals surface area contributed by atoms with E-state index in [0.717, 1.165) is 22.3 Å². The Morgan fingerprint density at radius 1 is 1.00 bits per heavy atom. The Hall–Kier alpha value is -3.22. The fourth-order valence-corrected chi connectivity index (χ4v) is 4.91. The summed E-state index contributed by atoms with van der Waals surface area (Å²) in [5.74, 6) is 0.238. The third-order valence-electron chi connectivity index (χ3n) is 6.43. The Labute approximate surface area is 181 Å². The number of rotatable bonds is 4. The minimum atomic E-state index is -0.367. The van der Waals surface area contributed by atoms with Gasteiger partial charge in [-0.15, -0.1) is 0 Å². The van der Waals surface area contributed by atoms with Crippen LogP contribution in [0.1, 0.15) is 39.9 Å². The molecule has 0 bridgehead atoms. The Morgan fingerprint density at radius 3 is 2.45 bits per heavy atom. The highest BCUT2D eigenvalue weighted by molar-refractivity contribution is 5.86. The van der Waals surface area contributed by atoms with Gasteiger partial charge < -0.3 is 10.0 Å². The second-order valence-corrected chi connectivity index (χ2v) is 8.57. The van der Waals surface area contributed by atoms with Crippen LogP contribution in [-0.2, 0) is 11.3 Å². The predicted molar refractivity (Wildman–Crippen MR) is 118 cm³/mol. The molecule has 0 radical (unpaired) electrons. The van der Waals surface area contributed by atoms with Crippen molar-refractivity contribution in [3.8, 4) is 5.75 Å². The highest BCUT2D eigenvalue weighted by atomic mass is 16.3. The number of fused-ring (bicyclic) bond motifs is 1. The van der Waals surface area contributed by atoms with Gasteiger partial charge in [-0.1, -0.05) is 48.0 Å². The van der Waals surface area contributed by atoms with Crippen molar-refractivity contribution in [2.24, 2.45) is 5.92 Å². The average Bonchev–Trinajstić information content (AvgIpc) is 3.29. The van der Waals surface area contributed by atoms with E-state index in [-0.39, 0.29) is 35.7 Å². The molecule has 31 heavy (non-hydrogen) atoms. The number of hydrogen-bond acceptors (Lipinski definition) is 5. The van der Waals surface area contributed by atoms with Crippen LogP contribution in [0.15, 0.2) is 67.0 Å². The highest BCUT2D eigenvalue weighted by Crippen LogP contribution is 2.49. The molecule has 0 spiro atoms. The molecule has 158 valence electrons. The topological polar surface area (TPSA) is 77.5 Å². The van der Waals surface area contributed by atoms with Crippen LogP contribution in [0.25, 0.3) is 0 Å². The van der Waals surface area contributed by atoms with E-state index in [1.54, 1.807) is 12.3 Å². The third-order valence-corrected chi connectivity index (χ3v) is 6.43. The van der Waals surface area contributed by atoms with E-state index >= 15 is 0 Å². The predicted octanol–water partition coefficient (Wildman–Crippen LogP) is 3.32. The van der Waals surface area contributed by atoms with Crippen molar-refractivity contribution in [3.05, 3.63) is 94.8 Å². The molecule has 3 heterocycles. The van der Waals surface area contributed by atoms with E-state index in [4.69, 9.17) is 0 Å². The lowest BCUT2D eigenvalue weighted by molar-refractivity contribution is -0.131. The number of benzene rings is 2. The van der Waals surface area contributed by atoms with Gasteiger partial charge in [-0.3, -0.25) is 9.78 Å². The minimum absolute atomic E-state index is 0.0565. The SMILES string of the molecule is Cc1ccc(C2C3C(NNC3c3ccc(C)cc3O)C(=O)N2Cc2cccnc2)cc1. The molecule has 2 fully saturated rings. The average molecular weight is 415 g/mol. The van der Waals surface area contributed by atoms with E-state index in [1.807, 2.05) is 42.3 Å². The number of aromatic nitrogens is 1. The van der Waals surface area contributed by atoms with Gasteiger partial charge in [0.15, 0.2) is 0 Å². The van der Waals surface area contributed by atoms with Crippen LogP contribution in [-0.4, -0.2) is 26.9 Å². The standard InChI is InChI=1S/C25H26N4O2/c1-15-5-8-18(9-6-15)24-21-22(19-10-7-16(2)12-20(19)30)27-28-23(21)25(31)29(24)14-17-4-3-11-26-13-17/h3-13,21-24,27-28,30H,14H2,1-2H3. The molecule has 4 atom stereocenters. The molecule has 6 heteroatoms. The van der Waals surface area contributed by atoms with Crippen LogP contribution in [0.3, 0.4) is 0 Å². The quantitative estimate of drug-likeness (QED) is 0.611. The maximum atomic E-state index is 13.5. The zero-order valence-electron chi connectivity index (χ0n) is 17.6. The van der Waals surface area contributed by atoms with Gasteiger partial charge in [0.05, 0.1) is 12.1 Å². The molecule has 0 saturated carbocycles. The minimum Gasteiger partial charge on any atom is -0.508 e. The Bertz CT molecular complexity index is 1100. The van der Waals surface area contributed by atoms with Gasteiger partial charge in [0.25, 0.3) is 0 Å². The summed E-state index contributed by atoms with van der Waals surface area (Å²) in [7, 11) is 0. The number of nitrogens with one attached hydrogen (secondary N) is 2. The monoisotopic (exact) mass is 414 g/mol. The number of carbonyl (C=O) groups is 1. The van der Waals surface area contributed by atoms with Crippen LogP contribution in [0, 0.1) is 19.8 Å². The maximum absolute atomic E-state index is 13.5. The maximum Gasteiger partial charge on any atom is 0.242 e. The number of pyridine rings is 1. The highest BCUT2D eigenvalue weighted by Gasteiger charge is 2.55. The van der Waals surface area contributed by atoms with E-state index in [2.05, 4.69) is 47.0 Å². The fourth-order valence-electron chi connectivity index (χ4n) is 4.91. The van der Waals surface area contributed by atoms with Gasteiger partial charge >= 0.3 is 0 Å². The molecular formula is C25H26N4O2. The van der Waals surface area contributed by atoms with Crippen LogP contribution in [0.5, 0.6) is 5.75 Å². The van der Waals surface area contributed by atoms with Crippen molar-refractivity contribution in [3.63, 3.8) is 0 Å². The van der Waals surface area contributed by atoms with Crippen molar-refractivity contribution in [1.82, 2.24) is 20.7 Å². The van der Waals surface area contributed by atoms with Crippen molar-refractivity contribution in [2.45, 2.75) is 38.5 Å². The number of nitrogens with zero attached hydrogens (tertiary/aromatic N) is 2. The summed E-state index contributed by atoms with van der Waals surface area (Å²) in [6.07, 6.45) is 3.55. The van der Waals surface area contributed by atoms with Crippen LogP contribution >= 0.6 is 0 Å². The number of carbonyl (C=O) groups excluding carboxylic acids is 1. The van der Waals surface area contributed by atoms with Gasteiger partial charge in [-0.2, -0.15) is 0 Å². The first kappa shape index (κ1) is 19.7. The normalized spacial score (nSPS) is 25.1. The fraction of sp³-hybridized carbons (Fsp3) is 0.280. The summed E-state index contributed by atoms with van der Waals surface area (Å²) in [5.41, 5.74) is 11.6. The first-order chi connectivity index (χ1) is 15.0. The van der Waals surface area contributed by atoms with Gasteiger partial charge in [-0.25, -0.2) is 10.9 Å². The number of aryl methyl sites for hydroxylation is 2. The molecule has 1 amide bonds. The Morgan fingerprint density at radius 2 is 1.74 bits per heavy atom. The van der Waals surface area contributed by atoms with E-state index in [9.17, 15) is 9.90 Å². The van der Waals surface area contributed by atoms with Gasteiger partial charge in [0.1, 0.15) is 11.8 Å². The zero-order chi connectivity index (χ0) is 21.5. The molecule has 2 aliphatic rings. The second-order valence-electron chi connectivity index (χ2n) is 8.57. The van der Waals surface area contributed by atoms with Crippen molar-refractivity contribution >= 4 is 5.91 Å². The number of aromatic hydroxyl groups is 1. The first-order valence-corrected chi connectivity index (χ1v) is 10.6. The lowest BCUT2D eigenvalue weighted by Crippen LogP contribution is -2.41. The zero-order valence-corrected chi connectivity index (χ0v) is 17.6. The largest absolute Gasteiger partial charge is 0.508 e. The number of phenols is 1. The van der Waals surface area contributed by atoms with E-state index in [0.29, 0.717) is 6.54 Å². The Balaban J connectivity index is 1.58. The van der Waals surface area contributed by atoms with Gasteiger partial charge in [0, 0.05) is 30.4 Å². The molecule has 6 nitrogen and oxygen atoms in total. The second kappa shape index (κ2) is 7.80. The number of hydrazine groups is 1. The third kappa shape index (κ3) is 3.48. The van der Waals surface area contributed by atoms with Crippen LogP contribution < -0.4 is 10.9 Å². The summed E-state index contributed by atoms with van der Waals surface area (Å²) in [4.78, 5) is 19.7. The smallest absolute Gasteiger partial charge is 0.242 e. The molecule has 3 N–H and O–H groups in total. The summed E-state index contributed by atoms with van der Waals surface area (Å²) in [6.45, 7) is 4.51. The van der Waals surface area contributed by atoms with Crippen molar-refractivity contribution in [1.29, 1.82) is 0 Å². The number of likely N-dealkylation sites (tertiary alicyclic amines) is 1. The number of hydrogen-bond donors (Lipinski definition) is 3. The van der Waals surface area contributed by atoms with Crippen molar-refractivity contribution in [2.75, 3.05) is 0 Å². The molecular weight excluding hydrogens is 388 g/mol. The molecule has 2 saturated heterocycles. The lowest BCUT2D eigenvalue weighted by atomic mass is 9.83. The number of phenolic OH excluding ortho intramolecular Hbond substituents is 1. The molecule has 1 aromatic heterocycles. The summed E-state index contributed by atoms with van der Waals surface area (Å²) < 4.78 is 0. The molecule has 2 aliphatic heterocycles. The molecule has 2 aromatic carbocycles. The van der Waals surface area contributed by atoms with E-state index < -0.39 is 0 Å². The molecule has 4 unspecified atom stereocenters. The number of amides is 1.